The third kappa shape index (κ3) is 4.17. The van der Waals surface area contributed by atoms with Crippen LogP contribution in [0.4, 0.5) is 0 Å². The molecule has 0 atom stereocenters. The van der Waals surface area contributed by atoms with E-state index < -0.39 is 0 Å². The molecule has 2 N–H and O–H groups in total. The van der Waals surface area contributed by atoms with Crippen molar-refractivity contribution in [1.82, 2.24) is 15.6 Å². The molecule has 0 spiro atoms. The maximum atomic E-state index is 4.27. The smallest absolute Gasteiger partial charge is 0.0683 e. The van der Waals surface area contributed by atoms with Crippen LogP contribution in [0.3, 0.4) is 0 Å². The van der Waals surface area contributed by atoms with Crippen LogP contribution < -0.4 is 10.6 Å². The SMILES string of the molecule is CNCCCNCc1ncccc1Br. The number of hydrogen-bond donors (Lipinski definition) is 2. The number of pyridine rings is 1. The lowest BCUT2D eigenvalue weighted by Gasteiger charge is -2.05. The highest BCUT2D eigenvalue weighted by Crippen LogP contribution is 2.12. The fourth-order valence-corrected chi connectivity index (χ4v) is 1.54. The monoisotopic (exact) mass is 257 g/mol. The van der Waals surface area contributed by atoms with Crippen molar-refractivity contribution in [2.45, 2.75) is 13.0 Å². The van der Waals surface area contributed by atoms with E-state index in [9.17, 15) is 0 Å². The molecule has 0 unspecified atom stereocenters. The van der Waals surface area contributed by atoms with E-state index in [2.05, 4.69) is 31.5 Å². The van der Waals surface area contributed by atoms with Crippen LogP contribution >= 0.6 is 15.9 Å². The first-order valence-corrected chi connectivity index (χ1v) is 5.58. The first-order chi connectivity index (χ1) is 6.84. The first-order valence-electron chi connectivity index (χ1n) is 4.79. The van der Waals surface area contributed by atoms with Gasteiger partial charge in [0.2, 0.25) is 0 Å². The molecule has 3 nitrogen and oxygen atoms in total. The molecule has 0 radical (unpaired) electrons. The van der Waals surface area contributed by atoms with Crippen molar-refractivity contribution in [2.24, 2.45) is 0 Å². The van der Waals surface area contributed by atoms with Gasteiger partial charge in [0.15, 0.2) is 0 Å². The quantitative estimate of drug-likeness (QED) is 0.760. The van der Waals surface area contributed by atoms with Gasteiger partial charge in [0.05, 0.1) is 5.69 Å². The summed E-state index contributed by atoms with van der Waals surface area (Å²) in [7, 11) is 1.97. The maximum Gasteiger partial charge on any atom is 0.0683 e. The van der Waals surface area contributed by atoms with Crippen molar-refractivity contribution in [3.05, 3.63) is 28.5 Å². The fraction of sp³-hybridized carbons (Fsp3) is 0.500. The second-order valence-corrected chi connectivity index (χ2v) is 3.92. The Morgan fingerprint density at radius 3 is 3.00 bits per heavy atom. The molecule has 0 amide bonds. The molecule has 1 aromatic heterocycles. The van der Waals surface area contributed by atoms with Crippen molar-refractivity contribution < 1.29 is 0 Å². The molecular formula is C10H16BrN3. The number of rotatable bonds is 6. The van der Waals surface area contributed by atoms with E-state index in [1.54, 1.807) is 0 Å². The van der Waals surface area contributed by atoms with Gasteiger partial charge in [-0.1, -0.05) is 0 Å². The molecule has 0 saturated carbocycles. The second-order valence-electron chi connectivity index (χ2n) is 3.07. The van der Waals surface area contributed by atoms with Gasteiger partial charge in [0.25, 0.3) is 0 Å². The van der Waals surface area contributed by atoms with Gasteiger partial charge < -0.3 is 10.6 Å². The van der Waals surface area contributed by atoms with Crippen molar-refractivity contribution in [1.29, 1.82) is 0 Å². The van der Waals surface area contributed by atoms with Gasteiger partial charge in [-0.2, -0.15) is 0 Å². The summed E-state index contributed by atoms with van der Waals surface area (Å²) < 4.78 is 1.07. The summed E-state index contributed by atoms with van der Waals surface area (Å²) in [6.07, 6.45) is 2.95. The van der Waals surface area contributed by atoms with E-state index in [0.29, 0.717) is 0 Å². The van der Waals surface area contributed by atoms with E-state index in [0.717, 1.165) is 36.2 Å². The van der Waals surface area contributed by atoms with E-state index in [-0.39, 0.29) is 0 Å². The zero-order chi connectivity index (χ0) is 10.2. The third-order valence-corrected chi connectivity index (χ3v) is 2.63. The standard InChI is InChI=1S/C10H16BrN3/c1-12-5-3-6-13-8-10-9(11)4-2-7-14-10/h2,4,7,12-13H,3,5-6,8H2,1H3. The topological polar surface area (TPSA) is 37.0 Å². The molecule has 14 heavy (non-hydrogen) atoms. The zero-order valence-corrected chi connectivity index (χ0v) is 9.97. The number of halogens is 1. The largest absolute Gasteiger partial charge is 0.320 e. The molecule has 1 heterocycles. The second kappa shape index (κ2) is 6.92. The molecule has 1 aromatic rings. The molecule has 0 aliphatic rings. The number of nitrogens with zero attached hydrogens (tertiary/aromatic N) is 1. The number of nitrogens with one attached hydrogen (secondary N) is 2. The minimum atomic E-state index is 0.825. The van der Waals surface area contributed by atoms with E-state index in [1.165, 1.54) is 0 Å². The summed E-state index contributed by atoms with van der Waals surface area (Å²) in [6.45, 7) is 2.89. The molecule has 78 valence electrons. The highest BCUT2D eigenvalue weighted by Gasteiger charge is 1.98. The summed E-state index contributed by atoms with van der Waals surface area (Å²) >= 11 is 3.46. The molecule has 0 saturated heterocycles. The Balaban J connectivity index is 2.21. The Labute approximate surface area is 93.4 Å². The Kier molecular flexibility index (Phi) is 5.75. The van der Waals surface area contributed by atoms with E-state index in [4.69, 9.17) is 0 Å². The molecule has 0 aliphatic heterocycles. The predicted molar refractivity (Wildman–Crippen MR) is 62.2 cm³/mol. The molecular weight excluding hydrogens is 242 g/mol. The van der Waals surface area contributed by atoms with Gasteiger partial charge in [-0.3, -0.25) is 4.98 Å². The molecule has 0 fully saturated rings. The van der Waals surface area contributed by atoms with E-state index >= 15 is 0 Å². The van der Waals surface area contributed by atoms with Gasteiger partial charge >= 0.3 is 0 Å². The van der Waals surface area contributed by atoms with Gasteiger partial charge in [-0.05, 0) is 54.6 Å². The molecule has 0 aromatic carbocycles. The number of aromatic nitrogens is 1. The van der Waals surface area contributed by atoms with Gasteiger partial charge in [0.1, 0.15) is 0 Å². The lowest BCUT2D eigenvalue weighted by Crippen LogP contribution is -2.20. The summed E-state index contributed by atoms with van der Waals surface area (Å²) in [4.78, 5) is 4.27. The molecule has 0 aliphatic carbocycles. The lowest BCUT2D eigenvalue weighted by molar-refractivity contribution is 0.618. The van der Waals surface area contributed by atoms with Crippen LogP contribution in [0.2, 0.25) is 0 Å². The van der Waals surface area contributed by atoms with E-state index in [1.807, 2.05) is 25.4 Å². The van der Waals surface area contributed by atoms with Gasteiger partial charge in [-0.25, -0.2) is 0 Å². The van der Waals surface area contributed by atoms with Crippen molar-refractivity contribution in [3.63, 3.8) is 0 Å². The van der Waals surface area contributed by atoms with Crippen LogP contribution in [0.25, 0.3) is 0 Å². The Hall–Kier alpha value is -0.450. The lowest BCUT2D eigenvalue weighted by atomic mass is 10.3. The summed E-state index contributed by atoms with van der Waals surface area (Å²) in [5, 5.41) is 6.46. The third-order valence-electron chi connectivity index (χ3n) is 1.91. The molecule has 0 bridgehead atoms. The minimum absolute atomic E-state index is 0.825. The maximum absolute atomic E-state index is 4.27. The highest BCUT2D eigenvalue weighted by molar-refractivity contribution is 9.10. The van der Waals surface area contributed by atoms with Crippen LogP contribution in [0.15, 0.2) is 22.8 Å². The van der Waals surface area contributed by atoms with Crippen LogP contribution in [-0.2, 0) is 6.54 Å². The molecule has 4 heteroatoms. The summed E-state index contributed by atoms with van der Waals surface area (Å²) in [5.74, 6) is 0. The van der Waals surface area contributed by atoms with Gasteiger partial charge in [-0.15, -0.1) is 0 Å². The van der Waals surface area contributed by atoms with Crippen LogP contribution in [-0.4, -0.2) is 25.1 Å². The van der Waals surface area contributed by atoms with Crippen molar-refractivity contribution in [2.75, 3.05) is 20.1 Å². The van der Waals surface area contributed by atoms with Gasteiger partial charge in [0, 0.05) is 17.2 Å². The fourth-order valence-electron chi connectivity index (χ4n) is 1.15. The first kappa shape index (κ1) is 11.6. The van der Waals surface area contributed by atoms with Crippen LogP contribution in [0, 0.1) is 0 Å². The number of hydrogen-bond acceptors (Lipinski definition) is 3. The average Bonchev–Trinajstić information content (AvgIpc) is 2.20. The van der Waals surface area contributed by atoms with Crippen LogP contribution in [0.5, 0.6) is 0 Å². The highest BCUT2D eigenvalue weighted by atomic mass is 79.9. The summed E-state index contributed by atoms with van der Waals surface area (Å²) in [6, 6.07) is 3.94. The minimum Gasteiger partial charge on any atom is -0.320 e. The predicted octanol–water partition coefficient (Wildman–Crippen LogP) is 1.54. The van der Waals surface area contributed by atoms with Crippen molar-refractivity contribution >= 4 is 15.9 Å². The normalized spacial score (nSPS) is 10.4. The zero-order valence-electron chi connectivity index (χ0n) is 8.39. The Morgan fingerprint density at radius 1 is 1.43 bits per heavy atom. The van der Waals surface area contributed by atoms with Crippen LogP contribution in [0.1, 0.15) is 12.1 Å². The Bertz CT molecular complexity index is 265. The van der Waals surface area contributed by atoms with Crippen molar-refractivity contribution in [3.8, 4) is 0 Å². The Morgan fingerprint density at radius 2 is 2.29 bits per heavy atom. The average molecular weight is 258 g/mol. The summed E-state index contributed by atoms with van der Waals surface area (Å²) in [5.41, 5.74) is 1.07. The molecule has 1 rings (SSSR count).